The second-order valence-corrected chi connectivity index (χ2v) is 23.8. The third kappa shape index (κ3) is 12.0. The number of hydrogen-bond acceptors (Lipinski definition) is 13. The number of β-lactam (4-membered cyclic amide) rings is 1. The molecule has 4 heterocycles. The molecule has 9 atom stereocenters. The Kier molecular flexibility index (Phi) is 18.4. The molecule has 2 aromatic rings. The van der Waals surface area contributed by atoms with E-state index < -0.39 is 70.9 Å². The number of aryl methyl sites for hydroxylation is 1. The number of piperidine rings is 1. The number of likely N-dealkylation sites (tertiary alicyclic amines) is 2. The molecule has 0 aromatic heterocycles. The monoisotopic (exact) mass is 1020 g/mol. The molecule has 0 saturated carbocycles. The molecule has 0 unspecified atom stereocenters. The van der Waals surface area contributed by atoms with Gasteiger partial charge >= 0.3 is 11.9 Å². The molecule has 15 nitrogen and oxygen atoms in total. The normalized spacial score (nSPS) is 24.1. The standard InChI is InChI=1S/C56H82N4O11S/c1-13-54(4,5)49(63)51(65)58-28-15-14-19-39(58)53(68)71-42(22-20-35-21-23-43(69-11)44(29-35)70-12)36-17-16-18-37(30-36)55(6,7)25-26-56(8,9)59-32-38(31-40(59)41(62)24-27-57-10)72-48-33(2)46-45(34(3)61)50(64)60(46)47(48)52(66)67/h16-18,21,23,29-30,33-34,38-42,45-46,57,61-62H,13-15,19-20,22,24-28,31-32H2,1-12H3,(H,66,67)/t33-,34-,38+,39+,40+,41-,42-,45-,46-/m1/s1. The van der Waals surface area contributed by atoms with Crippen LogP contribution in [0.4, 0.5) is 0 Å². The summed E-state index contributed by atoms with van der Waals surface area (Å²) >= 11 is 1.51. The highest BCUT2D eigenvalue weighted by Gasteiger charge is 2.60. The molecule has 0 aliphatic carbocycles. The van der Waals surface area contributed by atoms with Gasteiger partial charge in [-0.3, -0.25) is 19.3 Å². The van der Waals surface area contributed by atoms with Crippen LogP contribution in [0.3, 0.4) is 0 Å². The van der Waals surface area contributed by atoms with Crippen LogP contribution >= 0.6 is 11.8 Å². The van der Waals surface area contributed by atoms with Crippen LogP contribution in [0.5, 0.6) is 11.5 Å². The van der Waals surface area contributed by atoms with Gasteiger partial charge in [0.15, 0.2) is 11.5 Å². The van der Waals surface area contributed by atoms with Gasteiger partial charge in [0.2, 0.25) is 11.7 Å². The maximum Gasteiger partial charge on any atom is 0.353 e. The van der Waals surface area contributed by atoms with Crippen molar-refractivity contribution in [1.29, 1.82) is 0 Å². The fourth-order valence-corrected chi connectivity index (χ4v) is 12.8. The number of ketones is 1. The van der Waals surface area contributed by atoms with Gasteiger partial charge in [0, 0.05) is 46.2 Å². The number of aliphatic carboxylic acids is 1. The predicted molar refractivity (Wildman–Crippen MR) is 279 cm³/mol. The van der Waals surface area contributed by atoms with Crippen LogP contribution in [0.2, 0.25) is 0 Å². The molecule has 3 fully saturated rings. The van der Waals surface area contributed by atoms with Gasteiger partial charge in [0.05, 0.1) is 38.4 Å². The lowest BCUT2D eigenvalue weighted by Crippen LogP contribution is -2.63. The number of carboxylic acids is 1. The summed E-state index contributed by atoms with van der Waals surface area (Å²) in [6.07, 6.45) is 3.80. The van der Waals surface area contributed by atoms with Crippen molar-refractivity contribution in [1.82, 2.24) is 20.0 Å². The third-order valence-electron chi connectivity index (χ3n) is 16.4. The van der Waals surface area contributed by atoms with Gasteiger partial charge in [-0.1, -0.05) is 71.9 Å². The lowest BCUT2D eigenvalue weighted by atomic mass is 9.76. The number of aliphatic hydroxyl groups is 2. The highest BCUT2D eigenvalue weighted by molar-refractivity contribution is 8.03. The summed E-state index contributed by atoms with van der Waals surface area (Å²) in [4.78, 5) is 73.3. The summed E-state index contributed by atoms with van der Waals surface area (Å²) in [6.45, 7) is 19.3. The molecule has 0 bridgehead atoms. The Morgan fingerprint density at radius 3 is 2.29 bits per heavy atom. The minimum absolute atomic E-state index is 0.0143. The average molecular weight is 1020 g/mol. The van der Waals surface area contributed by atoms with Crippen molar-refractivity contribution in [2.45, 2.75) is 179 Å². The number of aliphatic hydroxyl groups excluding tert-OH is 2. The topological polar surface area (TPSA) is 195 Å². The number of Topliss-reactive ketones (excluding diaryl/α,β-unsaturated/α-hetero) is 1. The molecule has 4 N–H and O–H groups in total. The van der Waals surface area contributed by atoms with Crippen LogP contribution in [0, 0.1) is 17.3 Å². The van der Waals surface area contributed by atoms with Gasteiger partial charge in [0.25, 0.3) is 5.91 Å². The van der Waals surface area contributed by atoms with Crippen LogP contribution in [0.1, 0.15) is 143 Å². The Labute approximate surface area is 431 Å². The number of amides is 2. The van der Waals surface area contributed by atoms with E-state index in [1.807, 2.05) is 51.2 Å². The molecule has 0 spiro atoms. The average Bonchev–Trinajstić information content (AvgIpc) is 3.90. The molecule has 2 aromatic carbocycles. The second kappa shape index (κ2) is 23.4. The molecule has 398 valence electrons. The first-order valence-electron chi connectivity index (χ1n) is 26.0. The van der Waals surface area contributed by atoms with E-state index in [-0.39, 0.29) is 34.2 Å². The van der Waals surface area contributed by atoms with E-state index in [0.29, 0.717) is 81.0 Å². The zero-order valence-corrected chi connectivity index (χ0v) is 45.6. The first kappa shape index (κ1) is 56.8. The fourth-order valence-electron chi connectivity index (χ4n) is 11.2. The summed E-state index contributed by atoms with van der Waals surface area (Å²) in [5.41, 5.74) is 1.24. The van der Waals surface area contributed by atoms with Crippen LogP contribution in [0.15, 0.2) is 53.1 Å². The number of carbonyl (C=O) groups excluding carboxylic acids is 4. The minimum atomic E-state index is -1.15. The van der Waals surface area contributed by atoms with Crippen molar-refractivity contribution in [3.63, 3.8) is 0 Å². The molecule has 4 aliphatic heterocycles. The number of benzene rings is 2. The molecule has 3 saturated heterocycles. The van der Waals surface area contributed by atoms with E-state index in [1.54, 1.807) is 35.0 Å². The molecule has 16 heteroatoms. The van der Waals surface area contributed by atoms with E-state index in [2.05, 4.69) is 50.0 Å². The summed E-state index contributed by atoms with van der Waals surface area (Å²) in [5, 5.41) is 35.7. The highest BCUT2D eigenvalue weighted by atomic mass is 32.2. The van der Waals surface area contributed by atoms with Crippen LogP contribution in [-0.2, 0) is 40.5 Å². The molecule has 2 amide bonds. The Balaban J connectivity index is 1.23. The number of nitrogens with zero attached hydrogens (tertiary/aromatic N) is 3. The largest absolute Gasteiger partial charge is 0.493 e. The van der Waals surface area contributed by atoms with Gasteiger partial charge < -0.3 is 44.6 Å². The predicted octanol–water partition coefficient (Wildman–Crippen LogP) is 7.44. The Bertz CT molecular complexity index is 2330. The molecule has 72 heavy (non-hydrogen) atoms. The Morgan fingerprint density at radius 1 is 0.944 bits per heavy atom. The SMILES string of the molecule is CCC(C)(C)C(=O)C(=O)N1CCCC[C@H]1C(=O)O[C@H](CCc1ccc(OC)c(OC)c1)c1cccc(C(C)(C)CCC(C)(C)N2C[C@@H](SC3=C(C(=O)O)N4C(=O)[C@H]([C@@H](C)O)[C@H]4[C@H]3C)C[C@H]2[C@H](O)CCNC)c1. The minimum Gasteiger partial charge on any atom is -0.493 e. The van der Waals surface area contributed by atoms with Gasteiger partial charge in [-0.05, 0) is 133 Å². The molecular formula is C56H82N4O11S. The molecular weight excluding hydrogens is 937 g/mol. The van der Waals surface area contributed by atoms with Crippen molar-refractivity contribution in [2.24, 2.45) is 17.3 Å². The van der Waals surface area contributed by atoms with Crippen LogP contribution < -0.4 is 14.8 Å². The second-order valence-electron chi connectivity index (χ2n) is 22.5. The molecule has 4 aliphatic rings. The van der Waals surface area contributed by atoms with Crippen molar-refractivity contribution < 1.29 is 53.5 Å². The summed E-state index contributed by atoms with van der Waals surface area (Å²) in [6, 6.07) is 12.5. The Morgan fingerprint density at radius 2 is 1.65 bits per heavy atom. The van der Waals surface area contributed by atoms with Crippen molar-refractivity contribution in [2.75, 3.05) is 40.9 Å². The zero-order chi connectivity index (χ0) is 53.0. The number of esters is 1. The number of hydrogen-bond donors (Lipinski definition) is 4. The van der Waals surface area contributed by atoms with Crippen LogP contribution in [0.25, 0.3) is 0 Å². The van der Waals surface area contributed by atoms with Crippen molar-refractivity contribution in [3.05, 3.63) is 69.8 Å². The number of fused-ring (bicyclic) bond motifs is 1. The van der Waals surface area contributed by atoms with Crippen LogP contribution in [-0.4, -0.2) is 142 Å². The number of ether oxygens (including phenoxy) is 3. The van der Waals surface area contributed by atoms with Crippen molar-refractivity contribution >= 4 is 41.3 Å². The fraction of sp³-hybridized carbons (Fsp3) is 0.661. The summed E-state index contributed by atoms with van der Waals surface area (Å²) in [7, 11) is 5.04. The summed E-state index contributed by atoms with van der Waals surface area (Å²) in [5.74, 6) is -2.86. The molecule has 6 rings (SSSR count). The summed E-state index contributed by atoms with van der Waals surface area (Å²) < 4.78 is 17.6. The van der Waals surface area contributed by atoms with Gasteiger partial charge in [-0.15, -0.1) is 11.8 Å². The van der Waals surface area contributed by atoms with Gasteiger partial charge in [-0.25, -0.2) is 9.59 Å². The van der Waals surface area contributed by atoms with E-state index in [1.165, 1.54) is 21.6 Å². The van der Waals surface area contributed by atoms with E-state index in [0.717, 1.165) is 36.0 Å². The quantitative estimate of drug-likeness (QED) is 0.0460. The first-order valence-corrected chi connectivity index (χ1v) is 26.9. The number of nitrogens with one attached hydrogen (secondary N) is 1. The lowest BCUT2D eigenvalue weighted by Gasteiger charge is -2.46. The zero-order valence-electron chi connectivity index (χ0n) is 44.8. The van der Waals surface area contributed by atoms with E-state index >= 15 is 0 Å². The molecule has 0 radical (unpaired) electrons. The van der Waals surface area contributed by atoms with E-state index in [4.69, 9.17) is 14.2 Å². The Hall–Kier alpha value is -4.48. The van der Waals surface area contributed by atoms with Gasteiger partial charge in [0.1, 0.15) is 17.8 Å². The first-order chi connectivity index (χ1) is 33.9. The highest BCUT2D eigenvalue weighted by Crippen LogP contribution is 2.53. The maximum atomic E-state index is 14.4. The number of thioether (sulfide) groups is 1. The lowest BCUT2D eigenvalue weighted by molar-refractivity contribution is -0.164. The third-order valence-corrected chi connectivity index (χ3v) is 17.8. The van der Waals surface area contributed by atoms with Crippen molar-refractivity contribution in [3.8, 4) is 11.5 Å². The number of carboxylic acid groups (broad SMARTS) is 1. The smallest absolute Gasteiger partial charge is 0.353 e. The van der Waals surface area contributed by atoms with E-state index in [9.17, 15) is 39.3 Å². The number of rotatable bonds is 24. The number of methoxy groups -OCH3 is 2. The number of carbonyl (C=O) groups is 5. The van der Waals surface area contributed by atoms with Gasteiger partial charge in [-0.2, -0.15) is 0 Å². The maximum absolute atomic E-state index is 14.4.